The van der Waals surface area contributed by atoms with Crippen molar-refractivity contribution in [1.82, 2.24) is 15.3 Å². The number of nitrogens with one attached hydrogen (secondary N) is 2. The first kappa shape index (κ1) is 11.1. The first-order chi connectivity index (χ1) is 8.86. The molecule has 0 saturated heterocycles. The Morgan fingerprint density at radius 2 is 2.28 bits per heavy atom. The number of fused-ring (bicyclic) bond motifs is 1. The molecule has 1 atom stereocenters. The van der Waals surface area contributed by atoms with Gasteiger partial charge in [-0.15, -0.1) is 0 Å². The summed E-state index contributed by atoms with van der Waals surface area (Å²) in [5.74, 6) is 2.59. The van der Waals surface area contributed by atoms with Crippen molar-refractivity contribution < 1.29 is 9.47 Å². The highest BCUT2D eigenvalue weighted by molar-refractivity contribution is 5.45. The van der Waals surface area contributed by atoms with Crippen molar-refractivity contribution in [3.05, 3.63) is 42.0 Å². The molecule has 0 radical (unpaired) electrons. The molecule has 1 aliphatic rings. The normalized spacial score (nSPS) is 14.7. The molecule has 0 aliphatic carbocycles. The van der Waals surface area contributed by atoms with Crippen LogP contribution in [-0.2, 0) is 6.42 Å². The highest BCUT2D eigenvalue weighted by Crippen LogP contribution is 2.34. The van der Waals surface area contributed by atoms with E-state index < -0.39 is 0 Å². The van der Waals surface area contributed by atoms with E-state index >= 15 is 0 Å². The Hall–Kier alpha value is -2.01. The summed E-state index contributed by atoms with van der Waals surface area (Å²) in [4.78, 5) is 7.37. The van der Waals surface area contributed by atoms with Crippen LogP contribution in [0.5, 0.6) is 11.5 Å². The lowest BCUT2D eigenvalue weighted by Gasteiger charge is -2.15. The number of benzene rings is 1. The number of imidazole rings is 1. The van der Waals surface area contributed by atoms with E-state index in [2.05, 4.69) is 21.4 Å². The van der Waals surface area contributed by atoms with Crippen molar-refractivity contribution in [2.24, 2.45) is 0 Å². The summed E-state index contributed by atoms with van der Waals surface area (Å²) < 4.78 is 10.7. The van der Waals surface area contributed by atoms with E-state index in [0.717, 1.165) is 29.3 Å². The summed E-state index contributed by atoms with van der Waals surface area (Å²) in [6.07, 6.45) is 4.41. The van der Waals surface area contributed by atoms with Crippen LogP contribution in [0.4, 0.5) is 0 Å². The molecule has 0 saturated carbocycles. The summed E-state index contributed by atoms with van der Waals surface area (Å²) in [6, 6.07) is 6.22. The zero-order valence-electron chi connectivity index (χ0n) is 10.1. The van der Waals surface area contributed by atoms with Gasteiger partial charge in [-0.1, -0.05) is 6.07 Å². The molecule has 0 bridgehead atoms. The first-order valence-corrected chi connectivity index (χ1v) is 5.92. The van der Waals surface area contributed by atoms with Crippen LogP contribution in [0.15, 0.2) is 30.6 Å². The van der Waals surface area contributed by atoms with E-state index in [4.69, 9.17) is 9.47 Å². The maximum atomic E-state index is 5.40. The molecule has 0 fully saturated rings. The number of hydrogen-bond donors (Lipinski definition) is 2. The molecule has 18 heavy (non-hydrogen) atoms. The Bertz CT molecular complexity index is 525. The van der Waals surface area contributed by atoms with Crippen molar-refractivity contribution in [3.63, 3.8) is 0 Å². The molecule has 1 aromatic heterocycles. The molecule has 3 rings (SSSR count). The van der Waals surface area contributed by atoms with Crippen molar-refractivity contribution in [1.29, 1.82) is 0 Å². The smallest absolute Gasteiger partial charge is 0.231 e. The van der Waals surface area contributed by atoms with Crippen molar-refractivity contribution in [3.8, 4) is 11.5 Å². The third-order valence-corrected chi connectivity index (χ3v) is 3.10. The fourth-order valence-corrected chi connectivity index (χ4v) is 2.12. The van der Waals surface area contributed by atoms with Crippen molar-refractivity contribution in [2.75, 3.05) is 13.8 Å². The van der Waals surface area contributed by atoms with Gasteiger partial charge in [0.1, 0.15) is 5.82 Å². The maximum Gasteiger partial charge on any atom is 0.231 e. The molecule has 94 valence electrons. The molecule has 2 aromatic rings. The Morgan fingerprint density at radius 3 is 3.06 bits per heavy atom. The molecule has 2 heterocycles. The second-order valence-electron chi connectivity index (χ2n) is 4.19. The fraction of sp³-hybridized carbons (Fsp3) is 0.308. The number of nitrogens with zero attached hydrogens (tertiary/aromatic N) is 1. The minimum absolute atomic E-state index is 0.200. The lowest BCUT2D eigenvalue weighted by molar-refractivity contribution is 0.174. The lowest BCUT2D eigenvalue weighted by Crippen LogP contribution is -2.19. The van der Waals surface area contributed by atoms with E-state index in [0.29, 0.717) is 6.79 Å². The molecular weight excluding hydrogens is 230 g/mol. The zero-order valence-corrected chi connectivity index (χ0v) is 10.1. The van der Waals surface area contributed by atoms with Gasteiger partial charge in [0.2, 0.25) is 6.79 Å². The molecule has 0 amide bonds. The lowest BCUT2D eigenvalue weighted by atomic mass is 10.0. The average Bonchev–Trinajstić information content (AvgIpc) is 3.06. The summed E-state index contributed by atoms with van der Waals surface area (Å²) in [7, 11) is 1.94. The number of aromatic amines is 1. The van der Waals surface area contributed by atoms with E-state index in [1.165, 1.54) is 0 Å². The van der Waals surface area contributed by atoms with Crippen LogP contribution in [0.3, 0.4) is 0 Å². The highest BCUT2D eigenvalue weighted by atomic mass is 16.7. The Labute approximate surface area is 105 Å². The van der Waals surface area contributed by atoms with Gasteiger partial charge in [-0.05, 0) is 24.7 Å². The van der Waals surface area contributed by atoms with Gasteiger partial charge in [-0.25, -0.2) is 4.98 Å². The van der Waals surface area contributed by atoms with Crippen LogP contribution in [0.2, 0.25) is 0 Å². The zero-order chi connectivity index (χ0) is 12.4. The summed E-state index contributed by atoms with van der Waals surface area (Å²) >= 11 is 0. The van der Waals surface area contributed by atoms with E-state index in [-0.39, 0.29) is 6.04 Å². The first-order valence-electron chi connectivity index (χ1n) is 5.92. The number of rotatable bonds is 4. The predicted molar refractivity (Wildman–Crippen MR) is 66.7 cm³/mol. The SMILES string of the molecule is CNC(Cc1ncc[nH]1)c1ccc2c(c1)OCO2. The summed E-state index contributed by atoms with van der Waals surface area (Å²) in [5.41, 5.74) is 1.16. The topological polar surface area (TPSA) is 59.2 Å². The molecule has 5 heteroatoms. The van der Waals surface area contributed by atoms with E-state index in [9.17, 15) is 0 Å². The second-order valence-corrected chi connectivity index (χ2v) is 4.19. The standard InChI is InChI=1S/C13H15N3O2/c1-14-10(7-13-15-4-5-16-13)9-2-3-11-12(6-9)18-8-17-11/h2-6,10,14H,7-8H2,1H3,(H,15,16). The van der Waals surface area contributed by atoms with Gasteiger partial charge in [0.25, 0.3) is 0 Å². The molecule has 0 spiro atoms. The van der Waals surface area contributed by atoms with E-state index in [1.54, 1.807) is 6.20 Å². The van der Waals surface area contributed by atoms with Gasteiger partial charge in [-0.3, -0.25) is 0 Å². The van der Waals surface area contributed by atoms with Crippen LogP contribution < -0.4 is 14.8 Å². The number of hydrogen-bond acceptors (Lipinski definition) is 4. The van der Waals surface area contributed by atoms with Crippen LogP contribution in [-0.4, -0.2) is 23.8 Å². The number of H-pyrrole nitrogens is 1. The Balaban J connectivity index is 1.83. The predicted octanol–water partition coefficient (Wildman–Crippen LogP) is 1.64. The monoisotopic (exact) mass is 245 g/mol. The van der Waals surface area contributed by atoms with E-state index in [1.807, 2.05) is 25.4 Å². The van der Waals surface area contributed by atoms with Crippen molar-refractivity contribution >= 4 is 0 Å². The fourth-order valence-electron chi connectivity index (χ4n) is 2.12. The van der Waals surface area contributed by atoms with Gasteiger partial charge in [-0.2, -0.15) is 0 Å². The molecule has 1 aromatic carbocycles. The summed E-state index contributed by atoms with van der Waals surface area (Å²) in [5, 5.41) is 3.29. The van der Waals surface area contributed by atoms with Crippen LogP contribution >= 0.6 is 0 Å². The Kier molecular flexibility index (Phi) is 2.90. The van der Waals surface area contributed by atoms with Gasteiger partial charge < -0.3 is 19.8 Å². The number of aromatic nitrogens is 2. The average molecular weight is 245 g/mol. The van der Waals surface area contributed by atoms with Gasteiger partial charge >= 0.3 is 0 Å². The number of ether oxygens (including phenoxy) is 2. The largest absolute Gasteiger partial charge is 0.454 e. The third-order valence-electron chi connectivity index (χ3n) is 3.10. The quantitative estimate of drug-likeness (QED) is 0.859. The second kappa shape index (κ2) is 4.70. The van der Waals surface area contributed by atoms with Crippen LogP contribution in [0.1, 0.15) is 17.4 Å². The maximum absolute atomic E-state index is 5.40. The molecule has 1 unspecified atom stereocenters. The third kappa shape index (κ3) is 2.04. The van der Waals surface area contributed by atoms with Crippen LogP contribution in [0.25, 0.3) is 0 Å². The van der Waals surface area contributed by atoms with Gasteiger partial charge in [0.05, 0.1) is 0 Å². The molecule has 1 aliphatic heterocycles. The minimum Gasteiger partial charge on any atom is -0.454 e. The van der Waals surface area contributed by atoms with Crippen molar-refractivity contribution in [2.45, 2.75) is 12.5 Å². The molecule has 5 nitrogen and oxygen atoms in total. The highest BCUT2D eigenvalue weighted by Gasteiger charge is 2.17. The number of likely N-dealkylation sites (N-methyl/N-ethyl adjacent to an activating group) is 1. The minimum atomic E-state index is 0.200. The Morgan fingerprint density at radius 1 is 1.39 bits per heavy atom. The van der Waals surface area contributed by atoms with Gasteiger partial charge in [0, 0.05) is 24.9 Å². The summed E-state index contributed by atoms with van der Waals surface area (Å²) in [6.45, 7) is 0.307. The van der Waals surface area contributed by atoms with Gasteiger partial charge in [0.15, 0.2) is 11.5 Å². The molecular formula is C13H15N3O2. The molecule has 2 N–H and O–H groups in total. The van der Waals surface area contributed by atoms with Crippen LogP contribution in [0, 0.1) is 0 Å².